The van der Waals surface area contributed by atoms with Crippen LogP contribution in [0, 0.1) is 47.3 Å². The van der Waals surface area contributed by atoms with Gasteiger partial charge in [-0.3, -0.25) is 23.7 Å². The zero-order valence-electron chi connectivity index (χ0n) is 22.9. The number of hydrogen-bond acceptors (Lipinski definition) is 11. The molecule has 0 amide bonds. The molecule has 12 nitrogen and oxygen atoms in total. The van der Waals surface area contributed by atoms with Crippen molar-refractivity contribution in [2.24, 2.45) is 47.3 Å². The van der Waals surface area contributed by atoms with E-state index in [0.29, 0.717) is 31.1 Å². The molecule has 1 heterocycles. The number of esters is 4. The smallest absolute Gasteiger partial charge is 0.405 e. The lowest BCUT2D eigenvalue weighted by Gasteiger charge is -2.32. The third-order valence-electron chi connectivity index (χ3n) is 10.6. The number of hydrogen-bond donors (Lipinski definition) is 1. The van der Waals surface area contributed by atoms with Crippen molar-refractivity contribution in [1.82, 2.24) is 0 Å². The molecule has 15 heteroatoms. The van der Waals surface area contributed by atoms with Gasteiger partial charge in [0, 0.05) is 11.8 Å². The summed E-state index contributed by atoms with van der Waals surface area (Å²) >= 11 is 0. The van der Waals surface area contributed by atoms with Crippen LogP contribution in [0.4, 0.5) is 8.78 Å². The number of fused-ring (bicyclic) bond motifs is 6. The summed E-state index contributed by atoms with van der Waals surface area (Å²) in [4.78, 5) is 50.2. The second-order valence-electron chi connectivity index (χ2n) is 12.6. The fourth-order valence-electron chi connectivity index (χ4n) is 8.89. The van der Waals surface area contributed by atoms with Gasteiger partial charge < -0.3 is 23.7 Å². The highest BCUT2D eigenvalue weighted by molar-refractivity contribution is 7.86. The van der Waals surface area contributed by atoms with E-state index in [1.165, 1.54) is 19.3 Å². The fraction of sp³-hybridized carbons (Fsp3) is 0.852. The first-order chi connectivity index (χ1) is 19.8. The lowest BCUT2D eigenvalue weighted by atomic mass is 9.78. The highest BCUT2D eigenvalue weighted by Gasteiger charge is 2.70. The van der Waals surface area contributed by atoms with Crippen molar-refractivity contribution in [3.8, 4) is 0 Å². The number of halogens is 2. The van der Waals surface area contributed by atoms with Gasteiger partial charge in [0.2, 0.25) is 0 Å². The van der Waals surface area contributed by atoms with Crippen molar-refractivity contribution in [2.75, 3.05) is 6.79 Å². The van der Waals surface area contributed by atoms with E-state index in [2.05, 4.69) is 4.74 Å². The normalized spacial score (nSPS) is 40.1. The zero-order valence-corrected chi connectivity index (χ0v) is 23.7. The van der Waals surface area contributed by atoms with Gasteiger partial charge >= 0.3 is 39.2 Å². The first-order valence-corrected chi connectivity index (χ1v) is 15.9. The molecule has 0 radical (unpaired) electrons. The molecule has 6 rings (SSSR count). The number of rotatable bonds is 11. The van der Waals surface area contributed by atoms with Crippen molar-refractivity contribution < 1.29 is 64.6 Å². The zero-order chi connectivity index (χ0) is 30.1. The van der Waals surface area contributed by atoms with Gasteiger partial charge in [-0.2, -0.15) is 17.2 Å². The van der Waals surface area contributed by atoms with Gasteiger partial charge in [-0.1, -0.05) is 6.42 Å². The summed E-state index contributed by atoms with van der Waals surface area (Å²) in [7, 11) is -5.83. The Morgan fingerprint density at radius 1 is 1.02 bits per heavy atom. The molecule has 12 atom stereocenters. The molecule has 0 aromatic carbocycles. The summed E-state index contributed by atoms with van der Waals surface area (Å²) in [6.45, 7) is 0.363. The van der Waals surface area contributed by atoms with Gasteiger partial charge in [-0.15, -0.1) is 0 Å². The molecule has 0 aromatic heterocycles. The highest BCUT2D eigenvalue weighted by Crippen LogP contribution is 2.60. The Morgan fingerprint density at radius 2 is 1.74 bits per heavy atom. The topological polar surface area (TPSA) is 169 Å². The van der Waals surface area contributed by atoms with Crippen molar-refractivity contribution in [2.45, 2.75) is 88.0 Å². The minimum atomic E-state index is -5.83. The number of ether oxygens (including phenoxy) is 5. The van der Waals surface area contributed by atoms with Gasteiger partial charge in [0.15, 0.2) is 12.9 Å². The van der Waals surface area contributed by atoms with Gasteiger partial charge in [0.05, 0.1) is 30.8 Å². The maximum Gasteiger partial charge on any atom is 0.405 e. The standard InChI is InChI=1S/C27H34F2O12S/c1-11(27(28,29)42(34,35)36)39-19(30)5-6-20(31)40-23-16-9-17-22(26(33)41-24(17)23)21(16)25(32)38-10-37-18-8-12-7-15(18)14-4-2-3-13(12)14/h11-18,21-24H,2-10H2,1H3,(H,34,35,36). The van der Waals surface area contributed by atoms with E-state index in [-0.39, 0.29) is 18.8 Å². The van der Waals surface area contributed by atoms with E-state index in [1.54, 1.807) is 0 Å². The fourth-order valence-corrected chi connectivity index (χ4v) is 9.36. The van der Waals surface area contributed by atoms with E-state index in [1.807, 2.05) is 0 Å². The molecule has 6 fully saturated rings. The molecule has 234 valence electrons. The van der Waals surface area contributed by atoms with Crippen LogP contribution >= 0.6 is 0 Å². The molecular weight excluding hydrogens is 586 g/mol. The Bertz CT molecular complexity index is 1260. The largest absolute Gasteiger partial charge is 0.458 e. The summed E-state index contributed by atoms with van der Waals surface area (Å²) < 4.78 is 84.2. The quantitative estimate of drug-likeness (QED) is 0.155. The SMILES string of the molecule is CC(OC(=O)CCC(=O)OC1C2CC3C1OC(=O)C3C2C(=O)OCOC1CC2CC1C1CCCC21)C(F)(F)S(=O)(=O)O. The summed E-state index contributed by atoms with van der Waals surface area (Å²) in [5.41, 5.74) is 0. The third kappa shape index (κ3) is 4.88. The maximum absolute atomic E-state index is 13.6. The average molecular weight is 621 g/mol. The summed E-state index contributed by atoms with van der Waals surface area (Å²) in [6, 6.07) is 0. The Labute approximate surface area is 240 Å². The van der Waals surface area contributed by atoms with E-state index in [4.69, 9.17) is 23.5 Å². The lowest BCUT2D eigenvalue weighted by Crippen LogP contribution is -2.44. The van der Waals surface area contributed by atoms with Crippen LogP contribution in [0.5, 0.6) is 0 Å². The minimum absolute atomic E-state index is 0.0608. The van der Waals surface area contributed by atoms with Crippen LogP contribution in [0.15, 0.2) is 0 Å². The van der Waals surface area contributed by atoms with Gasteiger partial charge in [0.1, 0.15) is 12.2 Å². The Kier molecular flexibility index (Phi) is 7.52. The lowest BCUT2D eigenvalue weighted by molar-refractivity contribution is -0.178. The molecule has 0 aromatic rings. The molecular formula is C27H34F2O12S. The Hall–Kier alpha value is -2.39. The summed E-state index contributed by atoms with van der Waals surface area (Å²) in [6.07, 6.45) is 0.864. The van der Waals surface area contributed by atoms with E-state index in [9.17, 15) is 36.4 Å². The first-order valence-electron chi connectivity index (χ1n) is 14.5. The van der Waals surface area contributed by atoms with Gasteiger partial charge in [-0.25, -0.2) is 0 Å². The summed E-state index contributed by atoms with van der Waals surface area (Å²) in [5.74, 6) is -3.21. The molecule has 5 aliphatic carbocycles. The van der Waals surface area contributed by atoms with Gasteiger partial charge in [0.25, 0.3) is 0 Å². The van der Waals surface area contributed by atoms with Crippen LogP contribution in [-0.2, 0) is 53.0 Å². The number of alkyl halides is 2. The van der Waals surface area contributed by atoms with Crippen LogP contribution in [0.3, 0.4) is 0 Å². The maximum atomic E-state index is 13.6. The van der Waals surface area contributed by atoms with E-state index in [0.717, 1.165) is 18.8 Å². The van der Waals surface area contributed by atoms with Crippen LogP contribution in [0.1, 0.15) is 58.3 Å². The van der Waals surface area contributed by atoms with E-state index < -0.39 is 88.2 Å². The minimum Gasteiger partial charge on any atom is -0.458 e. The Morgan fingerprint density at radius 3 is 2.48 bits per heavy atom. The van der Waals surface area contributed by atoms with Gasteiger partial charge in [-0.05, 0) is 62.7 Å². The molecule has 5 saturated carbocycles. The van der Waals surface area contributed by atoms with Crippen molar-refractivity contribution >= 4 is 34.0 Å². The first kappa shape index (κ1) is 29.7. The monoisotopic (exact) mass is 620 g/mol. The predicted molar refractivity (Wildman–Crippen MR) is 132 cm³/mol. The van der Waals surface area contributed by atoms with Crippen LogP contribution in [-0.4, -0.2) is 73.3 Å². The predicted octanol–water partition coefficient (Wildman–Crippen LogP) is 2.24. The summed E-state index contributed by atoms with van der Waals surface area (Å²) in [5, 5.41) is -4.74. The molecule has 12 unspecified atom stereocenters. The Balaban J connectivity index is 0.996. The van der Waals surface area contributed by atoms with Crippen molar-refractivity contribution in [3.63, 3.8) is 0 Å². The van der Waals surface area contributed by atoms with Crippen LogP contribution < -0.4 is 0 Å². The number of carbonyl (C=O) groups is 4. The molecule has 1 aliphatic heterocycles. The second kappa shape index (κ2) is 10.7. The molecule has 0 spiro atoms. The highest BCUT2D eigenvalue weighted by atomic mass is 32.2. The van der Waals surface area contributed by atoms with Crippen molar-refractivity contribution in [1.29, 1.82) is 0 Å². The molecule has 4 bridgehead atoms. The second-order valence-corrected chi connectivity index (χ2v) is 14.1. The van der Waals surface area contributed by atoms with E-state index >= 15 is 0 Å². The van der Waals surface area contributed by atoms with Crippen molar-refractivity contribution in [3.05, 3.63) is 0 Å². The molecule has 6 aliphatic rings. The molecule has 42 heavy (non-hydrogen) atoms. The third-order valence-corrected chi connectivity index (χ3v) is 11.6. The number of carbonyl (C=O) groups excluding carboxylic acids is 4. The van der Waals surface area contributed by atoms with Crippen LogP contribution in [0.25, 0.3) is 0 Å². The molecule has 1 N–H and O–H groups in total. The van der Waals surface area contributed by atoms with Crippen LogP contribution in [0.2, 0.25) is 0 Å². The average Bonchev–Trinajstić information content (AvgIpc) is 3.73. The molecule has 1 saturated heterocycles.